The van der Waals surface area contributed by atoms with Gasteiger partial charge < -0.3 is 15.5 Å². The highest BCUT2D eigenvalue weighted by atomic mass is 32.1. The number of thiazole rings is 1. The van der Waals surface area contributed by atoms with Crippen LogP contribution in [0.3, 0.4) is 0 Å². The molecule has 1 aliphatic heterocycles. The van der Waals surface area contributed by atoms with Crippen LogP contribution >= 0.6 is 11.3 Å². The molecule has 1 saturated carbocycles. The summed E-state index contributed by atoms with van der Waals surface area (Å²) in [5.74, 6) is -0.115. The molecular formula is C23H30N4O2S. The second-order valence-electron chi connectivity index (χ2n) is 8.31. The third kappa shape index (κ3) is 5.59. The smallest absolute Gasteiger partial charge is 0.317 e. The Bertz CT molecular complexity index is 840. The molecule has 0 atom stereocenters. The maximum Gasteiger partial charge on any atom is 0.317 e. The van der Waals surface area contributed by atoms with Crippen LogP contribution in [0.4, 0.5) is 4.79 Å². The zero-order valence-corrected chi connectivity index (χ0v) is 18.1. The number of nitrogens with one attached hydrogen (secondary N) is 2. The van der Waals surface area contributed by atoms with Gasteiger partial charge in [0.2, 0.25) is 0 Å². The van der Waals surface area contributed by atoms with Crippen LogP contribution in [0.2, 0.25) is 0 Å². The SMILES string of the molecule is O=C(NC1CCN(C(=O)NC2CCCCC2)CC1)c1csc(Cc2ccccc2)n1. The number of amides is 3. The monoisotopic (exact) mass is 426 g/mol. The number of hydrogen-bond acceptors (Lipinski definition) is 4. The summed E-state index contributed by atoms with van der Waals surface area (Å²) in [4.78, 5) is 31.5. The fourth-order valence-corrected chi connectivity index (χ4v) is 5.07. The minimum Gasteiger partial charge on any atom is -0.348 e. The van der Waals surface area contributed by atoms with E-state index in [0.717, 1.165) is 37.1 Å². The van der Waals surface area contributed by atoms with Crippen molar-refractivity contribution in [3.05, 3.63) is 52.0 Å². The molecule has 0 bridgehead atoms. The zero-order valence-electron chi connectivity index (χ0n) is 17.3. The lowest BCUT2D eigenvalue weighted by Crippen LogP contribution is -2.51. The van der Waals surface area contributed by atoms with Gasteiger partial charge in [0.25, 0.3) is 5.91 Å². The Morgan fingerprint density at radius 1 is 0.967 bits per heavy atom. The third-order valence-electron chi connectivity index (χ3n) is 6.03. The van der Waals surface area contributed by atoms with Crippen molar-refractivity contribution in [2.24, 2.45) is 0 Å². The van der Waals surface area contributed by atoms with Crippen molar-refractivity contribution in [1.82, 2.24) is 20.5 Å². The highest BCUT2D eigenvalue weighted by Crippen LogP contribution is 2.19. The first-order chi connectivity index (χ1) is 14.7. The predicted molar refractivity (Wildman–Crippen MR) is 119 cm³/mol. The van der Waals surface area contributed by atoms with E-state index in [9.17, 15) is 9.59 Å². The van der Waals surface area contributed by atoms with E-state index in [0.29, 0.717) is 24.8 Å². The molecule has 160 valence electrons. The van der Waals surface area contributed by atoms with Crippen molar-refractivity contribution in [3.8, 4) is 0 Å². The van der Waals surface area contributed by atoms with Crippen LogP contribution in [0.25, 0.3) is 0 Å². The molecule has 7 heteroatoms. The normalized spacial score (nSPS) is 18.2. The molecule has 0 radical (unpaired) electrons. The first-order valence-electron chi connectivity index (χ1n) is 11.0. The average Bonchev–Trinajstić information content (AvgIpc) is 3.24. The number of piperidine rings is 1. The van der Waals surface area contributed by atoms with E-state index in [1.807, 2.05) is 28.5 Å². The predicted octanol–water partition coefficient (Wildman–Crippen LogP) is 3.97. The molecule has 2 aromatic rings. The quantitative estimate of drug-likeness (QED) is 0.760. The second kappa shape index (κ2) is 10.1. The van der Waals surface area contributed by atoms with Crippen molar-refractivity contribution in [2.75, 3.05) is 13.1 Å². The van der Waals surface area contributed by atoms with Crippen LogP contribution in [0.5, 0.6) is 0 Å². The minimum absolute atomic E-state index is 0.0525. The lowest BCUT2D eigenvalue weighted by Gasteiger charge is -2.34. The van der Waals surface area contributed by atoms with Gasteiger partial charge in [0.15, 0.2) is 0 Å². The highest BCUT2D eigenvalue weighted by Gasteiger charge is 2.26. The molecule has 30 heavy (non-hydrogen) atoms. The van der Waals surface area contributed by atoms with Crippen molar-refractivity contribution in [2.45, 2.75) is 63.5 Å². The fraction of sp³-hybridized carbons (Fsp3) is 0.522. The lowest BCUT2D eigenvalue weighted by molar-refractivity contribution is 0.0913. The van der Waals surface area contributed by atoms with Crippen LogP contribution in [-0.2, 0) is 6.42 Å². The van der Waals surface area contributed by atoms with Crippen LogP contribution in [-0.4, -0.2) is 47.0 Å². The van der Waals surface area contributed by atoms with Crippen molar-refractivity contribution >= 4 is 23.3 Å². The third-order valence-corrected chi connectivity index (χ3v) is 6.88. The summed E-state index contributed by atoms with van der Waals surface area (Å²) in [7, 11) is 0. The second-order valence-corrected chi connectivity index (χ2v) is 9.25. The van der Waals surface area contributed by atoms with Crippen LogP contribution in [0.1, 0.15) is 66.0 Å². The number of aromatic nitrogens is 1. The molecule has 1 aliphatic carbocycles. The summed E-state index contributed by atoms with van der Waals surface area (Å²) < 4.78 is 0. The Labute approximate surface area is 182 Å². The van der Waals surface area contributed by atoms with E-state index in [-0.39, 0.29) is 18.0 Å². The molecule has 1 aromatic heterocycles. The molecule has 0 spiro atoms. The van der Waals surface area contributed by atoms with Gasteiger partial charge in [-0.15, -0.1) is 11.3 Å². The molecule has 2 fully saturated rings. The molecule has 2 heterocycles. The molecule has 2 aliphatic rings. The maximum absolute atomic E-state index is 12.6. The van der Waals surface area contributed by atoms with Crippen molar-refractivity contribution < 1.29 is 9.59 Å². The highest BCUT2D eigenvalue weighted by molar-refractivity contribution is 7.09. The van der Waals surface area contributed by atoms with E-state index < -0.39 is 0 Å². The summed E-state index contributed by atoms with van der Waals surface area (Å²) >= 11 is 1.52. The van der Waals surface area contributed by atoms with E-state index in [1.54, 1.807) is 0 Å². The van der Waals surface area contributed by atoms with Gasteiger partial charge >= 0.3 is 6.03 Å². The van der Waals surface area contributed by atoms with Crippen molar-refractivity contribution in [1.29, 1.82) is 0 Å². The van der Waals surface area contributed by atoms with Gasteiger partial charge in [-0.3, -0.25) is 4.79 Å². The number of urea groups is 1. The van der Waals surface area contributed by atoms with Crippen molar-refractivity contribution in [3.63, 3.8) is 0 Å². The molecule has 4 rings (SSSR count). The number of likely N-dealkylation sites (tertiary alicyclic amines) is 1. The van der Waals surface area contributed by atoms with Gasteiger partial charge in [-0.1, -0.05) is 49.6 Å². The summed E-state index contributed by atoms with van der Waals surface area (Å²) in [5.41, 5.74) is 1.68. The molecule has 6 nitrogen and oxygen atoms in total. The Kier molecular flexibility index (Phi) is 7.00. The van der Waals surface area contributed by atoms with Crippen LogP contribution < -0.4 is 10.6 Å². The van der Waals surface area contributed by atoms with Gasteiger partial charge in [-0.05, 0) is 31.2 Å². The first kappa shape index (κ1) is 20.8. The maximum atomic E-state index is 12.6. The van der Waals surface area contributed by atoms with Gasteiger partial charge in [0.05, 0.1) is 5.01 Å². The molecular weight excluding hydrogens is 396 g/mol. The number of carbonyl (C=O) groups excluding carboxylic acids is 2. The Morgan fingerprint density at radius 2 is 1.67 bits per heavy atom. The van der Waals surface area contributed by atoms with Gasteiger partial charge in [-0.25, -0.2) is 9.78 Å². The summed E-state index contributed by atoms with van der Waals surface area (Å²) in [5, 5.41) is 9.06. The summed E-state index contributed by atoms with van der Waals surface area (Å²) in [6.45, 7) is 1.36. The molecule has 0 unspecified atom stereocenters. The van der Waals surface area contributed by atoms with E-state index in [2.05, 4.69) is 27.8 Å². The van der Waals surface area contributed by atoms with E-state index in [4.69, 9.17) is 0 Å². The number of rotatable bonds is 5. The van der Waals surface area contributed by atoms with Crippen LogP contribution in [0, 0.1) is 0 Å². The minimum atomic E-state index is -0.115. The number of nitrogens with zero attached hydrogens (tertiary/aromatic N) is 2. The standard InChI is InChI=1S/C23H30N4O2S/c28-22(20-16-30-21(26-20)15-17-7-3-1-4-8-17)24-19-11-13-27(14-12-19)23(29)25-18-9-5-2-6-10-18/h1,3-4,7-8,16,18-19H,2,5-6,9-15H2,(H,24,28)(H,25,29). The fourth-order valence-electron chi connectivity index (χ4n) is 4.27. The van der Waals surface area contributed by atoms with E-state index in [1.165, 1.54) is 36.2 Å². The Morgan fingerprint density at radius 3 is 2.40 bits per heavy atom. The molecule has 3 amide bonds. The lowest BCUT2D eigenvalue weighted by atomic mass is 9.95. The Balaban J connectivity index is 1.22. The summed E-state index contributed by atoms with van der Waals surface area (Å²) in [6, 6.07) is 10.6. The van der Waals surface area contributed by atoms with Gasteiger partial charge in [0, 0.05) is 37.0 Å². The summed E-state index contributed by atoms with van der Waals surface area (Å²) in [6.07, 6.45) is 8.20. The first-order valence-corrected chi connectivity index (χ1v) is 11.9. The van der Waals surface area contributed by atoms with Gasteiger partial charge in [-0.2, -0.15) is 0 Å². The average molecular weight is 427 g/mol. The largest absolute Gasteiger partial charge is 0.348 e. The zero-order chi connectivity index (χ0) is 20.8. The molecule has 1 aromatic carbocycles. The molecule has 2 N–H and O–H groups in total. The van der Waals surface area contributed by atoms with E-state index >= 15 is 0 Å². The Hall–Kier alpha value is -2.41. The van der Waals surface area contributed by atoms with Gasteiger partial charge in [0.1, 0.15) is 5.69 Å². The number of carbonyl (C=O) groups is 2. The number of hydrogen-bond donors (Lipinski definition) is 2. The van der Waals surface area contributed by atoms with Crippen LogP contribution in [0.15, 0.2) is 35.7 Å². The topological polar surface area (TPSA) is 74.3 Å². The molecule has 1 saturated heterocycles. The number of benzene rings is 1.